The van der Waals surface area contributed by atoms with Gasteiger partial charge >= 0.3 is 27.9 Å². The second kappa shape index (κ2) is 5.55. The summed E-state index contributed by atoms with van der Waals surface area (Å²) < 4.78 is 59.9. The van der Waals surface area contributed by atoms with Gasteiger partial charge < -0.3 is 0 Å². The molecule has 1 aromatic rings. The van der Waals surface area contributed by atoms with Gasteiger partial charge in [-0.15, -0.1) is 6.07 Å². The van der Waals surface area contributed by atoms with E-state index in [1.54, 1.807) is 0 Å². The van der Waals surface area contributed by atoms with Crippen LogP contribution in [0.5, 0.6) is 0 Å². The Bertz CT molecular complexity index is 277. The molecule has 0 heterocycles. The maximum absolute atomic E-state index is 12.0. The molecule has 0 saturated heterocycles. The van der Waals surface area contributed by atoms with Crippen LogP contribution in [0, 0.1) is 35.2 Å². The molecule has 0 aliphatic rings. The van der Waals surface area contributed by atoms with Crippen LogP contribution in [0.2, 0.25) is 0 Å². The Morgan fingerprint density at radius 3 is 1.38 bits per heavy atom. The van der Waals surface area contributed by atoms with Crippen LogP contribution in [0.15, 0.2) is 0 Å². The summed E-state index contributed by atoms with van der Waals surface area (Å²) in [6.07, 6.45) is 0. The normalized spacial score (nSPS) is 9.23. The summed E-state index contributed by atoms with van der Waals surface area (Å²) in [5.74, 6) is -10.0. The molecule has 0 nitrogen and oxygen atoms in total. The van der Waals surface area contributed by atoms with Crippen LogP contribution < -0.4 is 0 Å². The molecule has 0 bridgehead atoms. The fraction of sp³-hybridized carbons (Fsp3) is 0. The van der Waals surface area contributed by atoms with Gasteiger partial charge in [0.2, 0.25) is 0 Å². The first kappa shape index (κ1) is 12.8. The molecule has 1 aromatic carbocycles. The molecule has 0 unspecified atom stereocenters. The number of halogens is 6. The molecule has 0 aromatic heterocycles. The molecular formula is C6BrF5Ni-. The number of hydrogen-bond acceptors (Lipinski definition) is 0. The third-order valence-electron chi connectivity index (χ3n) is 0.990. The summed E-state index contributed by atoms with van der Waals surface area (Å²) in [7, 11) is 0. The average molecular weight is 306 g/mol. The summed E-state index contributed by atoms with van der Waals surface area (Å²) in [6, 6.07) is 1.02. The molecule has 0 radical (unpaired) electrons. The quantitative estimate of drug-likeness (QED) is 0.227. The van der Waals surface area contributed by atoms with Crippen LogP contribution >= 0.6 is 14.2 Å². The van der Waals surface area contributed by atoms with Crippen molar-refractivity contribution in [2.24, 2.45) is 0 Å². The summed E-state index contributed by atoms with van der Waals surface area (Å²) in [5.41, 5.74) is 0. The first-order valence-electron chi connectivity index (χ1n) is 2.56. The summed E-state index contributed by atoms with van der Waals surface area (Å²) in [5, 5.41) is 0. The zero-order valence-corrected chi connectivity index (χ0v) is 8.16. The van der Waals surface area contributed by atoms with Gasteiger partial charge in [0.15, 0.2) is 0 Å². The average Bonchev–Trinajstić information content (AvgIpc) is 2.15. The molecule has 0 atom stereocenters. The molecule has 0 N–H and O–H groups in total. The number of hydrogen-bond donors (Lipinski definition) is 0. The van der Waals surface area contributed by atoms with Gasteiger partial charge in [0.25, 0.3) is 0 Å². The van der Waals surface area contributed by atoms with E-state index >= 15 is 0 Å². The van der Waals surface area contributed by atoms with Crippen LogP contribution in [-0.2, 0) is 13.7 Å². The molecule has 0 amide bonds. The van der Waals surface area contributed by atoms with Gasteiger partial charge in [-0.3, -0.25) is 8.78 Å². The Hall–Kier alpha value is -0.156. The van der Waals surface area contributed by atoms with E-state index in [9.17, 15) is 22.0 Å². The van der Waals surface area contributed by atoms with Crippen molar-refractivity contribution in [3.8, 4) is 0 Å². The van der Waals surface area contributed by atoms with Gasteiger partial charge in [0, 0.05) is 0 Å². The Labute approximate surface area is 85.3 Å². The monoisotopic (exact) mass is 304 g/mol. The van der Waals surface area contributed by atoms with Gasteiger partial charge in [0.1, 0.15) is 0 Å². The zero-order chi connectivity index (χ0) is 10.6. The van der Waals surface area contributed by atoms with Crippen molar-refractivity contribution in [2.75, 3.05) is 0 Å². The third kappa shape index (κ3) is 2.91. The standard InChI is InChI=1S/C6F5.BrH.Ni/c7-2-1-3(8)5(10)6(11)4(2)9;;/h;1H;/q-1;;+1/p-1. The Morgan fingerprint density at radius 2 is 1.08 bits per heavy atom. The molecule has 0 spiro atoms. The fourth-order valence-electron chi connectivity index (χ4n) is 0.495. The Morgan fingerprint density at radius 1 is 0.769 bits per heavy atom. The van der Waals surface area contributed by atoms with Crippen LogP contribution in [0.3, 0.4) is 0 Å². The maximum atomic E-state index is 12.0. The van der Waals surface area contributed by atoms with Crippen molar-refractivity contribution in [1.82, 2.24) is 0 Å². The van der Waals surface area contributed by atoms with Gasteiger partial charge in [-0.1, -0.05) is 0 Å². The van der Waals surface area contributed by atoms with Crippen LogP contribution in [-0.4, -0.2) is 0 Å². The van der Waals surface area contributed by atoms with Crippen molar-refractivity contribution >= 4 is 14.2 Å². The molecule has 0 aliphatic carbocycles. The second-order valence-electron chi connectivity index (χ2n) is 1.69. The summed E-state index contributed by atoms with van der Waals surface area (Å²) in [4.78, 5) is 0. The predicted octanol–water partition coefficient (Wildman–Crippen LogP) is 3.03. The van der Waals surface area contributed by atoms with Crippen molar-refractivity contribution in [2.45, 2.75) is 0 Å². The van der Waals surface area contributed by atoms with E-state index in [-0.39, 0.29) is 0 Å². The molecule has 0 fully saturated rings. The summed E-state index contributed by atoms with van der Waals surface area (Å²) >= 11 is 6.25. The zero-order valence-electron chi connectivity index (χ0n) is 5.58. The van der Waals surface area contributed by atoms with Crippen molar-refractivity contribution in [1.29, 1.82) is 0 Å². The molecule has 7 heteroatoms. The third-order valence-corrected chi connectivity index (χ3v) is 0.990. The van der Waals surface area contributed by atoms with Gasteiger partial charge in [-0.05, 0) is 0 Å². The Balaban J connectivity index is 0.000000671. The van der Waals surface area contributed by atoms with Gasteiger partial charge in [-0.2, -0.15) is 0 Å². The topological polar surface area (TPSA) is 0 Å². The van der Waals surface area contributed by atoms with E-state index in [1.807, 2.05) is 0 Å². The fourth-order valence-corrected chi connectivity index (χ4v) is 0.495. The molecule has 0 aliphatic heterocycles. The first-order chi connectivity index (χ1) is 6.04. The molecular weight excluding hydrogens is 306 g/mol. The van der Waals surface area contributed by atoms with Gasteiger partial charge in [0.05, 0.1) is 29.1 Å². The van der Waals surface area contributed by atoms with Crippen LogP contribution in [0.25, 0.3) is 0 Å². The molecule has 13 heavy (non-hydrogen) atoms. The summed E-state index contributed by atoms with van der Waals surface area (Å²) in [6.45, 7) is 0. The predicted molar refractivity (Wildman–Crippen MR) is 34.0 cm³/mol. The van der Waals surface area contributed by atoms with Crippen molar-refractivity contribution in [3.05, 3.63) is 35.2 Å². The molecule has 77 valence electrons. The van der Waals surface area contributed by atoms with E-state index in [2.05, 4.69) is 27.9 Å². The minimum absolute atomic E-state index is 1.02. The number of rotatable bonds is 0. The van der Waals surface area contributed by atoms with E-state index in [4.69, 9.17) is 0 Å². The van der Waals surface area contributed by atoms with Crippen molar-refractivity contribution < 1.29 is 35.6 Å². The molecule has 0 saturated carbocycles. The first-order valence-corrected chi connectivity index (χ1v) is 5.01. The van der Waals surface area contributed by atoms with Crippen molar-refractivity contribution in [3.63, 3.8) is 0 Å². The van der Waals surface area contributed by atoms with Crippen LogP contribution in [0.4, 0.5) is 22.0 Å². The van der Waals surface area contributed by atoms with E-state index in [1.165, 1.54) is 0 Å². The second-order valence-corrected chi connectivity index (χ2v) is 1.69. The van der Waals surface area contributed by atoms with Gasteiger partial charge in [-0.25, -0.2) is 13.2 Å². The SMILES string of the molecule is Fc1[c-]c(F)c(F)c(F)c1F.[Ni][Br]. The van der Waals surface area contributed by atoms with E-state index in [0.29, 0.717) is 0 Å². The minimum atomic E-state index is -2.17. The van der Waals surface area contributed by atoms with Crippen LogP contribution in [0.1, 0.15) is 0 Å². The Kier molecular flexibility index (Phi) is 5.48. The van der Waals surface area contributed by atoms with E-state index < -0.39 is 29.1 Å². The molecule has 1 rings (SSSR count). The van der Waals surface area contributed by atoms with E-state index in [0.717, 1.165) is 6.07 Å². The number of benzene rings is 1.